The molecule has 2 saturated carbocycles. The zero-order valence-electron chi connectivity index (χ0n) is 10.3. The van der Waals surface area contributed by atoms with Crippen LogP contribution < -0.4 is 11.3 Å². The Morgan fingerprint density at radius 1 is 1.19 bits per heavy atom. The zero-order valence-corrected chi connectivity index (χ0v) is 10.3. The minimum absolute atomic E-state index is 0.580. The van der Waals surface area contributed by atoms with Crippen molar-refractivity contribution in [1.82, 2.24) is 5.43 Å². The van der Waals surface area contributed by atoms with Crippen molar-refractivity contribution in [3.63, 3.8) is 0 Å². The summed E-state index contributed by atoms with van der Waals surface area (Å²) in [6, 6.07) is 0.580. The van der Waals surface area contributed by atoms with E-state index in [-0.39, 0.29) is 0 Å². The molecule has 0 aromatic heterocycles. The van der Waals surface area contributed by atoms with E-state index in [2.05, 4.69) is 12.0 Å². The third-order valence-corrected chi connectivity index (χ3v) is 4.49. The van der Waals surface area contributed by atoms with Gasteiger partial charge in [0.05, 0.1) is 0 Å². The van der Waals surface area contributed by atoms with Gasteiger partial charge in [0.2, 0.25) is 0 Å². The first-order valence-electron chi connectivity index (χ1n) is 6.92. The summed E-state index contributed by atoms with van der Waals surface area (Å²) >= 11 is 0. The van der Waals surface area contributed by atoms with Crippen molar-refractivity contribution < 1.29 is 0 Å². The molecular weight excluding hydrogens is 196 g/mol. The van der Waals surface area contributed by atoms with Crippen LogP contribution in [0.1, 0.15) is 51.4 Å². The predicted molar refractivity (Wildman–Crippen MR) is 68.7 cm³/mol. The first-order valence-corrected chi connectivity index (χ1v) is 6.92. The molecular formula is C14H26N2. The monoisotopic (exact) mass is 222 g/mol. The second-order valence-corrected chi connectivity index (χ2v) is 5.69. The van der Waals surface area contributed by atoms with Crippen molar-refractivity contribution in [1.29, 1.82) is 0 Å². The number of fused-ring (bicyclic) bond motifs is 1. The van der Waals surface area contributed by atoms with Gasteiger partial charge in [0.15, 0.2) is 0 Å². The largest absolute Gasteiger partial charge is 0.271 e. The van der Waals surface area contributed by atoms with Crippen molar-refractivity contribution in [2.24, 2.45) is 23.6 Å². The Kier molecular flexibility index (Phi) is 4.42. The Balaban J connectivity index is 1.59. The second kappa shape index (κ2) is 5.83. The number of hydrazine groups is 1. The molecule has 3 atom stereocenters. The molecule has 0 saturated heterocycles. The number of rotatable bonds is 8. The standard InChI is InChI=1S/C14H26N2/c1-2-3-4-5-6-7-14(16-15)13-9-11-8-12(11)10-13/h2,11-14,16H,1,3-10,15H2. The Bertz CT molecular complexity index is 217. The fourth-order valence-corrected chi connectivity index (χ4v) is 3.37. The SMILES string of the molecule is C=CCCCCCC(NN)C1CC2CC2C1. The molecule has 0 bridgehead atoms. The van der Waals surface area contributed by atoms with Gasteiger partial charge in [-0.1, -0.05) is 18.9 Å². The lowest BCUT2D eigenvalue weighted by atomic mass is 9.91. The molecule has 0 spiro atoms. The van der Waals surface area contributed by atoms with Crippen LogP contribution in [0.2, 0.25) is 0 Å². The fourth-order valence-electron chi connectivity index (χ4n) is 3.37. The highest BCUT2D eigenvalue weighted by Gasteiger charge is 2.47. The second-order valence-electron chi connectivity index (χ2n) is 5.69. The molecule has 2 aliphatic rings. The molecule has 0 amide bonds. The van der Waals surface area contributed by atoms with Gasteiger partial charge in [-0.05, 0) is 56.3 Å². The number of nitrogens with two attached hydrogens (primary N) is 1. The van der Waals surface area contributed by atoms with Crippen molar-refractivity contribution in [3.05, 3.63) is 12.7 Å². The molecule has 2 heteroatoms. The molecule has 2 nitrogen and oxygen atoms in total. The molecule has 16 heavy (non-hydrogen) atoms. The summed E-state index contributed by atoms with van der Waals surface area (Å²) in [5, 5.41) is 0. The average molecular weight is 222 g/mol. The molecule has 92 valence electrons. The Hall–Kier alpha value is -0.340. The smallest absolute Gasteiger partial charge is 0.0239 e. The first kappa shape index (κ1) is 12.1. The molecule has 0 radical (unpaired) electrons. The maximum atomic E-state index is 5.69. The maximum Gasteiger partial charge on any atom is 0.0239 e. The van der Waals surface area contributed by atoms with Gasteiger partial charge in [0.25, 0.3) is 0 Å². The van der Waals surface area contributed by atoms with E-state index in [0.717, 1.165) is 24.2 Å². The number of hydrogen-bond donors (Lipinski definition) is 2. The van der Waals surface area contributed by atoms with Gasteiger partial charge in [0, 0.05) is 6.04 Å². The quantitative estimate of drug-likeness (QED) is 0.287. The van der Waals surface area contributed by atoms with E-state index in [1.165, 1.54) is 44.9 Å². The summed E-state index contributed by atoms with van der Waals surface area (Å²) in [6.45, 7) is 3.75. The van der Waals surface area contributed by atoms with Crippen LogP contribution in [0.15, 0.2) is 12.7 Å². The van der Waals surface area contributed by atoms with Crippen LogP contribution in [0.4, 0.5) is 0 Å². The predicted octanol–water partition coefficient (Wildman–Crippen LogP) is 3.00. The number of allylic oxidation sites excluding steroid dienone is 1. The summed E-state index contributed by atoms with van der Waals surface area (Å²) in [6.07, 6.45) is 12.7. The van der Waals surface area contributed by atoms with E-state index < -0.39 is 0 Å². The topological polar surface area (TPSA) is 38.0 Å². The summed E-state index contributed by atoms with van der Waals surface area (Å²) in [5.74, 6) is 8.70. The molecule has 0 aromatic rings. The van der Waals surface area contributed by atoms with Gasteiger partial charge >= 0.3 is 0 Å². The average Bonchev–Trinajstić information content (AvgIpc) is 2.91. The van der Waals surface area contributed by atoms with Gasteiger partial charge in [-0.3, -0.25) is 11.3 Å². The minimum atomic E-state index is 0.580. The van der Waals surface area contributed by atoms with E-state index in [1.54, 1.807) is 0 Å². The van der Waals surface area contributed by atoms with E-state index in [0.29, 0.717) is 6.04 Å². The van der Waals surface area contributed by atoms with Gasteiger partial charge in [0.1, 0.15) is 0 Å². The van der Waals surface area contributed by atoms with E-state index in [9.17, 15) is 0 Å². The molecule has 2 rings (SSSR count). The van der Waals surface area contributed by atoms with E-state index in [1.807, 2.05) is 6.08 Å². The van der Waals surface area contributed by atoms with Gasteiger partial charge < -0.3 is 0 Å². The zero-order chi connectivity index (χ0) is 11.4. The molecule has 0 heterocycles. The normalized spacial score (nSPS) is 33.4. The molecule has 3 N–H and O–H groups in total. The highest BCUT2D eigenvalue weighted by Crippen LogP contribution is 2.55. The van der Waals surface area contributed by atoms with Gasteiger partial charge in [-0.15, -0.1) is 6.58 Å². The molecule has 3 unspecified atom stereocenters. The highest BCUT2D eigenvalue weighted by molar-refractivity contribution is 4.98. The Labute approximate surface area is 99.6 Å². The van der Waals surface area contributed by atoms with Crippen LogP contribution in [0.3, 0.4) is 0 Å². The summed E-state index contributed by atoms with van der Waals surface area (Å²) in [4.78, 5) is 0. The summed E-state index contributed by atoms with van der Waals surface area (Å²) < 4.78 is 0. The van der Waals surface area contributed by atoms with Crippen LogP contribution in [0, 0.1) is 17.8 Å². The molecule has 0 aliphatic heterocycles. The Morgan fingerprint density at radius 3 is 2.56 bits per heavy atom. The molecule has 2 fully saturated rings. The fraction of sp³-hybridized carbons (Fsp3) is 0.857. The van der Waals surface area contributed by atoms with E-state index >= 15 is 0 Å². The minimum Gasteiger partial charge on any atom is -0.271 e. The lowest BCUT2D eigenvalue weighted by molar-refractivity contribution is 0.314. The number of unbranched alkanes of at least 4 members (excludes halogenated alkanes) is 3. The maximum absolute atomic E-state index is 5.69. The van der Waals surface area contributed by atoms with Crippen molar-refractivity contribution >= 4 is 0 Å². The lowest BCUT2D eigenvalue weighted by Gasteiger charge is -2.23. The van der Waals surface area contributed by atoms with Crippen LogP contribution >= 0.6 is 0 Å². The van der Waals surface area contributed by atoms with Crippen molar-refractivity contribution in [2.45, 2.75) is 57.4 Å². The Morgan fingerprint density at radius 2 is 1.94 bits per heavy atom. The van der Waals surface area contributed by atoms with E-state index in [4.69, 9.17) is 5.84 Å². The van der Waals surface area contributed by atoms with Gasteiger partial charge in [-0.2, -0.15) is 0 Å². The van der Waals surface area contributed by atoms with Crippen LogP contribution in [-0.4, -0.2) is 6.04 Å². The number of nitrogens with one attached hydrogen (secondary N) is 1. The summed E-state index contributed by atoms with van der Waals surface area (Å²) in [7, 11) is 0. The van der Waals surface area contributed by atoms with Crippen molar-refractivity contribution in [2.75, 3.05) is 0 Å². The number of hydrogen-bond acceptors (Lipinski definition) is 2. The first-order chi connectivity index (χ1) is 7.85. The molecule has 0 aromatic carbocycles. The van der Waals surface area contributed by atoms with Crippen LogP contribution in [-0.2, 0) is 0 Å². The van der Waals surface area contributed by atoms with Gasteiger partial charge in [-0.25, -0.2) is 0 Å². The third-order valence-electron chi connectivity index (χ3n) is 4.49. The third kappa shape index (κ3) is 3.08. The van der Waals surface area contributed by atoms with Crippen LogP contribution in [0.5, 0.6) is 0 Å². The van der Waals surface area contributed by atoms with Crippen LogP contribution in [0.25, 0.3) is 0 Å². The van der Waals surface area contributed by atoms with Crippen molar-refractivity contribution in [3.8, 4) is 0 Å². The lowest BCUT2D eigenvalue weighted by Crippen LogP contribution is -2.40. The molecule has 2 aliphatic carbocycles. The highest BCUT2D eigenvalue weighted by atomic mass is 15.2. The summed E-state index contributed by atoms with van der Waals surface area (Å²) in [5.41, 5.74) is 3.06.